The summed E-state index contributed by atoms with van der Waals surface area (Å²) in [5, 5.41) is 0. The van der Waals surface area contributed by atoms with Gasteiger partial charge in [0.15, 0.2) is 0 Å². The molecule has 2 rings (SSSR count). The summed E-state index contributed by atoms with van der Waals surface area (Å²) in [6.45, 7) is 4.53. The van der Waals surface area contributed by atoms with Crippen LogP contribution in [-0.4, -0.2) is 37.9 Å². The first-order valence-corrected chi connectivity index (χ1v) is 8.96. The van der Waals surface area contributed by atoms with Crippen LogP contribution >= 0.6 is 0 Å². The van der Waals surface area contributed by atoms with Gasteiger partial charge in [-0.05, 0) is 48.7 Å². The molecule has 0 bridgehead atoms. The van der Waals surface area contributed by atoms with Crippen LogP contribution in [0.4, 0.5) is 0 Å². The number of aryl methyl sites for hydroxylation is 1. The molecule has 0 aliphatic carbocycles. The number of pyridine rings is 1. The predicted octanol–water partition coefficient (Wildman–Crippen LogP) is 2.65. The highest BCUT2D eigenvalue weighted by Gasteiger charge is 2.26. The van der Waals surface area contributed by atoms with Crippen LogP contribution in [0.15, 0.2) is 47.6 Å². The molecular weight excluding hydrogens is 312 g/mol. The molecule has 0 saturated heterocycles. The summed E-state index contributed by atoms with van der Waals surface area (Å²) in [6, 6.07) is 8.98. The molecule has 0 fully saturated rings. The predicted molar refractivity (Wildman–Crippen MR) is 90.1 cm³/mol. The second-order valence-corrected chi connectivity index (χ2v) is 7.16. The summed E-state index contributed by atoms with van der Waals surface area (Å²) in [4.78, 5) is 4.19. The highest BCUT2D eigenvalue weighted by molar-refractivity contribution is 7.89. The molecule has 124 valence electrons. The van der Waals surface area contributed by atoms with Crippen molar-refractivity contribution in [1.82, 2.24) is 9.29 Å². The molecule has 0 saturated carbocycles. The first-order chi connectivity index (χ1) is 11.0. The second kappa shape index (κ2) is 7.57. The van der Waals surface area contributed by atoms with Gasteiger partial charge in [0, 0.05) is 25.5 Å². The summed E-state index contributed by atoms with van der Waals surface area (Å²) in [5.41, 5.74) is 1.94. The molecule has 0 N–H and O–H groups in total. The second-order valence-electron chi connectivity index (χ2n) is 5.26. The molecule has 0 aliphatic heterocycles. The van der Waals surface area contributed by atoms with Gasteiger partial charge in [-0.2, -0.15) is 4.31 Å². The van der Waals surface area contributed by atoms with E-state index in [1.807, 2.05) is 32.0 Å². The Morgan fingerprint density at radius 1 is 1.17 bits per heavy atom. The number of methoxy groups -OCH3 is 1. The maximum Gasteiger partial charge on any atom is 0.246 e. The minimum atomic E-state index is -3.59. The van der Waals surface area contributed by atoms with E-state index in [9.17, 15) is 8.42 Å². The van der Waals surface area contributed by atoms with Crippen molar-refractivity contribution < 1.29 is 13.2 Å². The normalized spacial score (nSPS) is 11.7. The van der Waals surface area contributed by atoms with Crippen LogP contribution in [0, 0.1) is 6.92 Å². The number of sulfonamides is 1. The fourth-order valence-corrected chi connectivity index (χ4v) is 4.07. The number of benzene rings is 1. The highest BCUT2D eigenvalue weighted by Crippen LogP contribution is 2.27. The molecular formula is C17H22N2O3S. The van der Waals surface area contributed by atoms with E-state index < -0.39 is 10.0 Å². The van der Waals surface area contributed by atoms with Gasteiger partial charge in [-0.15, -0.1) is 0 Å². The lowest BCUT2D eigenvalue weighted by atomic mass is 10.2. The summed E-state index contributed by atoms with van der Waals surface area (Å²) >= 11 is 0. The Kier molecular flexibility index (Phi) is 5.74. The van der Waals surface area contributed by atoms with Gasteiger partial charge < -0.3 is 4.74 Å². The largest absolute Gasteiger partial charge is 0.495 e. The standard InChI is InChI=1S/C17H22N2O3S/c1-4-19(12-9-15-7-10-18-11-8-15)23(20,21)17-13-14(2)5-6-16(17)22-3/h5-8,10-11,13H,4,9,12H2,1-3H3. The summed E-state index contributed by atoms with van der Waals surface area (Å²) in [6.07, 6.45) is 4.07. The Hall–Kier alpha value is -1.92. The van der Waals surface area contributed by atoms with Crippen LogP contribution in [0.3, 0.4) is 0 Å². The molecule has 2 aromatic rings. The molecule has 0 atom stereocenters. The van der Waals surface area contributed by atoms with Crippen molar-refractivity contribution in [1.29, 1.82) is 0 Å². The first-order valence-electron chi connectivity index (χ1n) is 7.52. The number of hydrogen-bond acceptors (Lipinski definition) is 4. The Morgan fingerprint density at radius 2 is 1.87 bits per heavy atom. The van der Waals surface area contributed by atoms with Crippen LogP contribution in [-0.2, 0) is 16.4 Å². The van der Waals surface area contributed by atoms with Gasteiger partial charge in [0.05, 0.1) is 7.11 Å². The third kappa shape index (κ3) is 4.09. The monoisotopic (exact) mass is 334 g/mol. The van der Waals surface area contributed by atoms with E-state index >= 15 is 0 Å². The van der Waals surface area contributed by atoms with Gasteiger partial charge in [-0.25, -0.2) is 8.42 Å². The minimum Gasteiger partial charge on any atom is -0.495 e. The van der Waals surface area contributed by atoms with Gasteiger partial charge in [0.25, 0.3) is 0 Å². The van der Waals surface area contributed by atoms with Crippen molar-refractivity contribution in [3.8, 4) is 5.75 Å². The topological polar surface area (TPSA) is 59.5 Å². The maximum atomic E-state index is 13.0. The first kappa shape index (κ1) is 17.4. The van der Waals surface area contributed by atoms with Crippen LogP contribution in [0.1, 0.15) is 18.1 Å². The van der Waals surface area contributed by atoms with Crippen molar-refractivity contribution >= 4 is 10.0 Å². The van der Waals surface area contributed by atoms with Crippen LogP contribution in [0.5, 0.6) is 5.75 Å². The third-order valence-electron chi connectivity index (χ3n) is 3.69. The SMILES string of the molecule is CCN(CCc1ccncc1)S(=O)(=O)c1cc(C)ccc1OC. The van der Waals surface area contributed by atoms with Crippen LogP contribution in [0.2, 0.25) is 0 Å². The molecule has 0 aliphatic rings. The van der Waals surface area contributed by atoms with Gasteiger partial charge in [-0.1, -0.05) is 13.0 Å². The number of hydrogen-bond donors (Lipinski definition) is 0. The molecule has 23 heavy (non-hydrogen) atoms. The Labute approximate surface area is 138 Å². The van der Waals surface area contributed by atoms with E-state index in [0.29, 0.717) is 25.3 Å². The van der Waals surface area contributed by atoms with E-state index in [2.05, 4.69) is 4.98 Å². The average molecular weight is 334 g/mol. The molecule has 1 aromatic heterocycles. The number of rotatable bonds is 7. The smallest absolute Gasteiger partial charge is 0.246 e. The van der Waals surface area contributed by atoms with E-state index in [1.165, 1.54) is 11.4 Å². The lowest BCUT2D eigenvalue weighted by Gasteiger charge is -2.22. The number of aromatic nitrogens is 1. The van der Waals surface area contributed by atoms with Gasteiger partial charge in [0.1, 0.15) is 10.6 Å². The summed E-state index contributed by atoms with van der Waals surface area (Å²) in [5.74, 6) is 0.373. The molecule has 0 spiro atoms. The zero-order valence-corrected chi connectivity index (χ0v) is 14.5. The summed E-state index contributed by atoms with van der Waals surface area (Å²) in [7, 11) is -2.11. The van der Waals surface area contributed by atoms with Crippen molar-refractivity contribution in [2.24, 2.45) is 0 Å². The van der Waals surface area contributed by atoms with Crippen molar-refractivity contribution in [3.63, 3.8) is 0 Å². The third-order valence-corrected chi connectivity index (χ3v) is 5.68. The van der Waals surface area contributed by atoms with E-state index in [0.717, 1.165) is 11.1 Å². The Morgan fingerprint density at radius 3 is 2.48 bits per heavy atom. The molecule has 6 heteroatoms. The minimum absolute atomic E-state index is 0.219. The van der Waals surface area contributed by atoms with Crippen LogP contribution in [0.25, 0.3) is 0 Å². The molecule has 1 heterocycles. The van der Waals surface area contributed by atoms with Crippen molar-refractivity contribution in [2.75, 3.05) is 20.2 Å². The van der Waals surface area contributed by atoms with E-state index in [4.69, 9.17) is 4.74 Å². The van der Waals surface area contributed by atoms with Crippen molar-refractivity contribution in [2.45, 2.75) is 25.2 Å². The fraction of sp³-hybridized carbons (Fsp3) is 0.353. The van der Waals surface area contributed by atoms with Crippen molar-refractivity contribution in [3.05, 3.63) is 53.9 Å². The van der Waals surface area contributed by atoms with Gasteiger partial charge >= 0.3 is 0 Å². The van der Waals surface area contributed by atoms with E-state index in [1.54, 1.807) is 24.5 Å². The quantitative estimate of drug-likeness (QED) is 0.781. The number of nitrogens with zero attached hydrogens (tertiary/aromatic N) is 2. The average Bonchev–Trinajstić information content (AvgIpc) is 2.56. The zero-order chi connectivity index (χ0) is 16.9. The lowest BCUT2D eigenvalue weighted by Crippen LogP contribution is -2.33. The van der Waals surface area contributed by atoms with E-state index in [-0.39, 0.29) is 4.90 Å². The fourth-order valence-electron chi connectivity index (χ4n) is 2.38. The van der Waals surface area contributed by atoms with Gasteiger partial charge in [0.2, 0.25) is 10.0 Å². The molecule has 0 amide bonds. The number of ether oxygens (including phenoxy) is 1. The Balaban J connectivity index is 2.27. The zero-order valence-electron chi connectivity index (χ0n) is 13.7. The molecule has 0 radical (unpaired) electrons. The molecule has 5 nitrogen and oxygen atoms in total. The van der Waals surface area contributed by atoms with Gasteiger partial charge in [-0.3, -0.25) is 4.98 Å². The van der Waals surface area contributed by atoms with Crippen LogP contribution < -0.4 is 4.74 Å². The number of likely N-dealkylation sites (N-methyl/N-ethyl adjacent to an activating group) is 1. The molecule has 1 aromatic carbocycles. The molecule has 0 unspecified atom stereocenters. The summed E-state index contributed by atoms with van der Waals surface area (Å²) < 4.78 is 32.6. The Bertz CT molecular complexity index is 746. The highest BCUT2D eigenvalue weighted by atomic mass is 32.2. The maximum absolute atomic E-state index is 13.0. The lowest BCUT2D eigenvalue weighted by molar-refractivity contribution is 0.393.